The second-order valence-electron chi connectivity index (χ2n) is 3.70. The van der Waals surface area contributed by atoms with Gasteiger partial charge in [0.2, 0.25) is 0 Å². The Labute approximate surface area is 100 Å². The lowest BCUT2D eigenvalue weighted by Gasteiger charge is -2.21. The molecule has 17 heavy (non-hydrogen) atoms. The molecule has 1 rings (SSSR count). The minimum Gasteiger partial charge on any atom is -0.379 e. The van der Waals surface area contributed by atoms with E-state index in [0.29, 0.717) is 6.61 Å². The van der Waals surface area contributed by atoms with Crippen molar-refractivity contribution in [2.75, 3.05) is 20.3 Å². The smallest absolute Gasteiger partial charge is 0.379 e. The van der Waals surface area contributed by atoms with Crippen LogP contribution in [0.15, 0.2) is 0 Å². The first-order valence-electron chi connectivity index (χ1n) is 5.35. The average Bonchev–Trinajstić information content (AvgIpc) is 2.54. The molecule has 1 saturated heterocycles. The minimum atomic E-state index is -4.23. The SMILES string of the molecule is B[C@@H]1O[C@H](COCC)[C@@H](OP(=O)(O)OC)[C@H]1F. The molecule has 1 fully saturated rings. The number of phosphoric ester groups is 1. The van der Waals surface area contributed by atoms with Crippen molar-refractivity contribution in [3.8, 4) is 0 Å². The molecule has 0 aromatic heterocycles. The second kappa shape index (κ2) is 6.27. The number of rotatable bonds is 6. The maximum atomic E-state index is 13.7. The summed E-state index contributed by atoms with van der Waals surface area (Å²) in [6.45, 7) is 2.34. The van der Waals surface area contributed by atoms with E-state index in [2.05, 4.69) is 4.52 Å². The highest BCUT2D eigenvalue weighted by molar-refractivity contribution is 7.47. The molecule has 1 unspecified atom stereocenters. The highest BCUT2D eigenvalue weighted by atomic mass is 31.2. The largest absolute Gasteiger partial charge is 0.472 e. The Balaban J connectivity index is 2.66. The normalized spacial score (nSPS) is 36.9. The molecule has 1 aliphatic heterocycles. The molecule has 6 nitrogen and oxygen atoms in total. The van der Waals surface area contributed by atoms with Crippen LogP contribution >= 0.6 is 7.82 Å². The van der Waals surface area contributed by atoms with E-state index in [0.717, 1.165) is 7.11 Å². The van der Waals surface area contributed by atoms with Gasteiger partial charge in [-0.05, 0) is 6.92 Å². The quantitative estimate of drug-likeness (QED) is 0.534. The fraction of sp³-hybridized carbons (Fsp3) is 1.00. The van der Waals surface area contributed by atoms with Gasteiger partial charge >= 0.3 is 7.82 Å². The van der Waals surface area contributed by atoms with Gasteiger partial charge in [-0.3, -0.25) is 9.05 Å². The zero-order chi connectivity index (χ0) is 13.1. The molecule has 0 aromatic rings. The van der Waals surface area contributed by atoms with Crippen LogP contribution in [0.3, 0.4) is 0 Å². The zero-order valence-corrected chi connectivity index (χ0v) is 10.9. The second-order valence-corrected chi connectivity index (χ2v) is 5.22. The fourth-order valence-corrected chi connectivity index (χ4v) is 2.24. The maximum Gasteiger partial charge on any atom is 0.472 e. The molecule has 1 N–H and O–H groups in total. The molecule has 0 amide bonds. The highest BCUT2D eigenvalue weighted by Gasteiger charge is 2.46. The number of phosphoric acid groups is 1. The van der Waals surface area contributed by atoms with Gasteiger partial charge in [0, 0.05) is 13.7 Å². The molecule has 0 spiro atoms. The van der Waals surface area contributed by atoms with E-state index in [9.17, 15) is 13.8 Å². The Bertz CT molecular complexity index is 293. The van der Waals surface area contributed by atoms with Crippen LogP contribution in [-0.4, -0.2) is 57.4 Å². The summed E-state index contributed by atoms with van der Waals surface area (Å²) >= 11 is 0. The molecule has 5 atom stereocenters. The summed E-state index contributed by atoms with van der Waals surface area (Å²) in [5, 5.41) is 0. The number of alkyl halides is 1. The molecular formula is C8H17BFO6P. The van der Waals surface area contributed by atoms with Crippen molar-refractivity contribution in [3.63, 3.8) is 0 Å². The first-order valence-corrected chi connectivity index (χ1v) is 6.85. The summed E-state index contributed by atoms with van der Waals surface area (Å²) in [6, 6.07) is -0.706. The van der Waals surface area contributed by atoms with Crippen LogP contribution in [0.2, 0.25) is 0 Å². The van der Waals surface area contributed by atoms with Gasteiger partial charge in [0.15, 0.2) is 0 Å². The summed E-state index contributed by atoms with van der Waals surface area (Å²) in [7, 11) is -1.68. The molecule has 0 aliphatic carbocycles. The lowest BCUT2D eigenvalue weighted by molar-refractivity contribution is -0.0293. The number of halogens is 1. The Hall–Kier alpha value is 0.0249. The summed E-state index contributed by atoms with van der Waals surface area (Å²) in [5.74, 6) is 0. The average molecular weight is 270 g/mol. The van der Waals surface area contributed by atoms with Crippen molar-refractivity contribution < 1.29 is 32.4 Å². The molecule has 1 heterocycles. The van der Waals surface area contributed by atoms with Gasteiger partial charge in [-0.2, -0.15) is 0 Å². The number of hydrogen-bond donors (Lipinski definition) is 1. The van der Waals surface area contributed by atoms with Crippen molar-refractivity contribution in [2.45, 2.75) is 31.3 Å². The van der Waals surface area contributed by atoms with Crippen LogP contribution in [0.4, 0.5) is 4.39 Å². The predicted octanol–water partition coefficient (Wildman–Crippen LogP) is -0.149. The van der Waals surface area contributed by atoms with E-state index >= 15 is 0 Å². The van der Waals surface area contributed by atoms with E-state index in [-0.39, 0.29) is 6.61 Å². The molecule has 9 heteroatoms. The molecule has 1 aliphatic rings. The first kappa shape index (κ1) is 15.1. The van der Waals surface area contributed by atoms with Gasteiger partial charge in [0.25, 0.3) is 0 Å². The van der Waals surface area contributed by atoms with E-state index in [1.165, 1.54) is 7.85 Å². The Morgan fingerprint density at radius 1 is 1.59 bits per heavy atom. The van der Waals surface area contributed by atoms with E-state index in [4.69, 9.17) is 14.0 Å². The summed E-state index contributed by atoms with van der Waals surface area (Å²) in [6.07, 6.45) is -3.36. The van der Waals surface area contributed by atoms with E-state index < -0.39 is 32.2 Å². The Morgan fingerprint density at radius 2 is 2.24 bits per heavy atom. The minimum absolute atomic E-state index is 0.107. The van der Waals surface area contributed by atoms with E-state index in [1.54, 1.807) is 6.92 Å². The summed E-state index contributed by atoms with van der Waals surface area (Å²) in [4.78, 5) is 9.18. The first-order chi connectivity index (χ1) is 7.91. The van der Waals surface area contributed by atoms with Gasteiger partial charge in [0.05, 0.1) is 12.6 Å². The fourth-order valence-electron chi connectivity index (χ4n) is 1.59. The lowest BCUT2D eigenvalue weighted by Crippen LogP contribution is -2.34. The molecule has 100 valence electrons. The van der Waals surface area contributed by atoms with Gasteiger partial charge in [-0.25, -0.2) is 8.96 Å². The molecule has 0 radical (unpaired) electrons. The summed E-state index contributed by atoms with van der Waals surface area (Å²) in [5.41, 5.74) is 0. The monoisotopic (exact) mass is 270 g/mol. The van der Waals surface area contributed by atoms with Gasteiger partial charge < -0.3 is 14.4 Å². The lowest BCUT2D eigenvalue weighted by atomic mass is 9.94. The third-order valence-electron chi connectivity index (χ3n) is 2.49. The predicted molar refractivity (Wildman–Crippen MR) is 60.3 cm³/mol. The van der Waals surface area contributed by atoms with Gasteiger partial charge in [-0.1, -0.05) is 0 Å². The third-order valence-corrected chi connectivity index (χ3v) is 3.46. The Kier molecular flexibility index (Phi) is 5.56. The molecular weight excluding hydrogens is 253 g/mol. The van der Waals surface area contributed by atoms with Crippen molar-refractivity contribution in [1.82, 2.24) is 0 Å². The van der Waals surface area contributed by atoms with Crippen LogP contribution in [0.25, 0.3) is 0 Å². The number of ether oxygens (including phenoxy) is 2. The van der Waals surface area contributed by atoms with Crippen LogP contribution in [-0.2, 0) is 23.1 Å². The highest BCUT2D eigenvalue weighted by Crippen LogP contribution is 2.46. The van der Waals surface area contributed by atoms with Crippen molar-refractivity contribution in [1.29, 1.82) is 0 Å². The number of hydrogen-bond acceptors (Lipinski definition) is 5. The summed E-state index contributed by atoms with van der Waals surface area (Å²) < 4.78 is 44.4. The molecule has 0 aromatic carbocycles. The maximum absolute atomic E-state index is 13.7. The molecule has 0 bridgehead atoms. The zero-order valence-electron chi connectivity index (χ0n) is 10.0. The van der Waals surface area contributed by atoms with Gasteiger partial charge in [0.1, 0.15) is 26.2 Å². The van der Waals surface area contributed by atoms with Crippen LogP contribution in [0.5, 0.6) is 0 Å². The van der Waals surface area contributed by atoms with E-state index in [1.807, 2.05) is 0 Å². The van der Waals surface area contributed by atoms with Crippen LogP contribution in [0, 0.1) is 0 Å². The Morgan fingerprint density at radius 3 is 2.76 bits per heavy atom. The van der Waals surface area contributed by atoms with Gasteiger partial charge in [-0.15, -0.1) is 0 Å². The topological polar surface area (TPSA) is 74.2 Å². The van der Waals surface area contributed by atoms with Crippen molar-refractivity contribution in [2.24, 2.45) is 0 Å². The van der Waals surface area contributed by atoms with Crippen LogP contribution < -0.4 is 0 Å². The van der Waals surface area contributed by atoms with Crippen molar-refractivity contribution >= 4 is 15.7 Å². The van der Waals surface area contributed by atoms with Crippen LogP contribution in [0.1, 0.15) is 6.92 Å². The standard InChI is InChI=1S/C8H17BFO6P/c1-3-14-4-5-7(6(10)8(9)15-5)16-17(11,12)13-2/h5-8H,3-4,9H2,1-2H3,(H,11,12)/t5-,6-,7-,8-/m1/s1. The van der Waals surface area contributed by atoms with Crippen molar-refractivity contribution in [3.05, 3.63) is 0 Å². The molecule has 0 saturated carbocycles. The third kappa shape index (κ3) is 4.01.